The first-order chi connectivity index (χ1) is 9.81. The molecule has 1 aromatic carbocycles. The Kier molecular flexibility index (Phi) is 6.34. The maximum absolute atomic E-state index is 5.92. The van der Waals surface area contributed by atoms with Crippen LogP contribution < -0.4 is 10.5 Å². The highest BCUT2D eigenvalue weighted by molar-refractivity contribution is 5.28. The third-order valence-electron chi connectivity index (χ3n) is 4.15. The molecule has 1 aliphatic rings. The Morgan fingerprint density at radius 2 is 2.35 bits per heavy atom. The van der Waals surface area contributed by atoms with Gasteiger partial charge in [-0.2, -0.15) is 0 Å². The van der Waals surface area contributed by atoms with E-state index in [0.717, 1.165) is 25.3 Å². The summed E-state index contributed by atoms with van der Waals surface area (Å²) in [6.07, 6.45) is 7.61. The van der Waals surface area contributed by atoms with Crippen molar-refractivity contribution in [3.63, 3.8) is 0 Å². The Morgan fingerprint density at radius 1 is 1.45 bits per heavy atom. The standard InChI is InChI=1S/C17H27NO2/c1-19-17-8-2-5-14(12-17)11-15(13-18)6-3-7-16-9-4-10-20-16/h2,5,8,12,15-16H,3-4,6-7,9-11,13,18H2,1H3. The number of hydrogen-bond acceptors (Lipinski definition) is 3. The zero-order chi connectivity index (χ0) is 14.2. The molecule has 0 amide bonds. The predicted molar refractivity (Wildman–Crippen MR) is 82.1 cm³/mol. The van der Waals surface area contributed by atoms with Gasteiger partial charge in [0.05, 0.1) is 13.2 Å². The molecule has 0 bridgehead atoms. The number of hydrogen-bond donors (Lipinski definition) is 1. The van der Waals surface area contributed by atoms with Crippen LogP contribution in [0.2, 0.25) is 0 Å². The van der Waals surface area contributed by atoms with E-state index in [1.165, 1.54) is 37.7 Å². The van der Waals surface area contributed by atoms with Gasteiger partial charge in [0.25, 0.3) is 0 Å². The van der Waals surface area contributed by atoms with Crippen LogP contribution >= 0.6 is 0 Å². The van der Waals surface area contributed by atoms with E-state index in [1.807, 2.05) is 12.1 Å². The van der Waals surface area contributed by atoms with E-state index in [4.69, 9.17) is 15.2 Å². The summed E-state index contributed by atoms with van der Waals surface area (Å²) in [5.74, 6) is 1.49. The highest BCUT2D eigenvalue weighted by atomic mass is 16.5. The van der Waals surface area contributed by atoms with Gasteiger partial charge in [-0.3, -0.25) is 0 Å². The molecule has 1 heterocycles. The summed E-state index contributed by atoms with van der Waals surface area (Å²) in [7, 11) is 1.71. The molecular formula is C17H27NO2. The maximum atomic E-state index is 5.92. The van der Waals surface area contributed by atoms with Crippen molar-refractivity contribution in [2.75, 3.05) is 20.3 Å². The van der Waals surface area contributed by atoms with Crippen LogP contribution in [-0.4, -0.2) is 26.4 Å². The molecule has 3 heteroatoms. The molecule has 3 nitrogen and oxygen atoms in total. The predicted octanol–water partition coefficient (Wildman–Crippen LogP) is 3.16. The van der Waals surface area contributed by atoms with E-state index >= 15 is 0 Å². The molecule has 2 N–H and O–H groups in total. The number of methoxy groups -OCH3 is 1. The van der Waals surface area contributed by atoms with Crippen molar-refractivity contribution < 1.29 is 9.47 Å². The first-order valence-electron chi connectivity index (χ1n) is 7.76. The Balaban J connectivity index is 1.75. The van der Waals surface area contributed by atoms with E-state index in [0.29, 0.717) is 12.0 Å². The second kappa shape index (κ2) is 8.28. The molecule has 0 saturated carbocycles. The van der Waals surface area contributed by atoms with Crippen LogP contribution in [0.1, 0.15) is 37.7 Å². The van der Waals surface area contributed by atoms with Gasteiger partial charge < -0.3 is 15.2 Å². The summed E-state index contributed by atoms with van der Waals surface area (Å²) in [5.41, 5.74) is 7.24. The zero-order valence-corrected chi connectivity index (χ0v) is 12.5. The average Bonchev–Trinajstić information content (AvgIpc) is 2.99. The second-order valence-corrected chi connectivity index (χ2v) is 5.72. The topological polar surface area (TPSA) is 44.5 Å². The highest BCUT2D eigenvalue weighted by Gasteiger charge is 2.16. The molecule has 2 rings (SSSR count). The zero-order valence-electron chi connectivity index (χ0n) is 12.5. The van der Waals surface area contributed by atoms with E-state index < -0.39 is 0 Å². The third-order valence-corrected chi connectivity index (χ3v) is 4.15. The number of nitrogens with two attached hydrogens (primary N) is 1. The number of benzene rings is 1. The van der Waals surface area contributed by atoms with Crippen LogP contribution in [0, 0.1) is 5.92 Å². The van der Waals surface area contributed by atoms with Crippen molar-refractivity contribution in [3.8, 4) is 5.75 Å². The number of rotatable bonds is 8. The van der Waals surface area contributed by atoms with Gasteiger partial charge >= 0.3 is 0 Å². The minimum atomic E-state index is 0.505. The molecule has 20 heavy (non-hydrogen) atoms. The van der Waals surface area contributed by atoms with Crippen LogP contribution in [0.25, 0.3) is 0 Å². The molecule has 1 fully saturated rings. The fourth-order valence-electron chi connectivity index (χ4n) is 2.94. The van der Waals surface area contributed by atoms with Crippen molar-refractivity contribution in [1.82, 2.24) is 0 Å². The quantitative estimate of drug-likeness (QED) is 0.794. The Morgan fingerprint density at radius 3 is 3.05 bits per heavy atom. The Hall–Kier alpha value is -1.06. The minimum absolute atomic E-state index is 0.505. The lowest BCUT2D eigenvalue weighted by molar-refractivity contribution is 0.101. The lowest BCUT2D eigenvalue weighted by Gasteiger charge is -2.16. The van der Waals surface area contributed by atoms with Crippen molar-refractivity contribution in [3.05, 3.63) is 29.8 Å². The van der Waals surface area contributed by atoms with Crippen LogP contribution in [0.15, 0.2) is 24.3 Å². The molecule has 0 spiro atoms. The van der Waals surface area contributed by atoms with Gasteiger partial charge in [-0.25, -0.2) is 0 Å². The molecule has 2 atom stereocenters. The molecule has 0 aromatic heterocycles. The first-order valence-corrected chi connectivity index (χ1v) is 7.76. The van der Waals surface area contributed by atoms with E-state index in [-0.39, 0.29) is 0 Å². The molecule has 0 aliphatic carbocycles. The van der Waals surface area contributed by atoms with Gasteiger partial charge in [0.1, 0.15) is 5.75 Å². The lowest BCUT2D eigenvalue weighted by atomic mass is 9.93. The van der Waals surface area contributed by atoms with E-state index in [2.05, 4.69) is 12.1 Å². The monoisotopic (exact) mass is 277 g/mol. The molecule has 1 aromatic rings. The van der Waals surface area contributed by atoms with Crippen LogP contribution in [0.4, 0.5) is 0 Å². The van der Waals surface area contributed by atoms with Gasteiger partial charge in [-0.1, -0.05) is 18.6 Å². The number of ether oxygens (including phenoxy) is 2. The molecule has 112 valence electrons. The smallest absolute Gasteiger partial charge is 0.119 e. The summed E-state index contributed by atoms with van der Waals surface area (Å²) >= 11 is 0. The van der Waals surface area contributed by atoms with Gasteiger partial charge in [-0.15, -0.1) is 0 Å². The van der Waals surface area contributed by atoms with E-state index in [1.54, 1.807) is 7.11 Å². The van der Waals surface area contributed by atoms with Crippen LogP contribution in [-0.2, 0) is 11.2 Å². The van der Waals surface area contributed by atoms with Gasteiger partial charge in [0, 0.05) is 6.61 Å². The highest BCUT2D eigenvalue weighted by Crippen LogP contribution is 2.22. The van der Waals surface area contributed by atoms with Crippen molar-refractivity contribution in [2.24, 2.45) is 11.7 Å². The van der Waals surface area contributed by atoms with Crippen LogP contribution in [0.3, 0.4) is 0 Å². The van der Waals surface area contributed by atoms with Gasteiger partial charge in [0.15, 0.2) is 0 Å². The second-order valence-electron chi connectivity index (χ2n) is 5.72. The Bertz CT molecular complexity index is 388. The van der Waals surface area contributed by atoms with Gasteiger partial charge in [0.2, 0.25) is 0 Å². The van der Waals surface area contributed by atoms with E-state index in [9.17, 15) is 0 Å². The maximum Gasteiger partial charge on any atom is 0.119 e. The minimum Gasteiger partial charge on any atom is -0.497 e. The average molecular weight is 277 g/mol. The van der Waals surface area contributed by atoms with Gasteiger partial charge in [-0.05, 0) is 62.3 Å². The fourth-order valence-corrected chi connectivity index (χ4v) is 2.94. The SMILES string of the molecule is COc1cccc(CC(CN)CCCC2CCCO2)c1. The van der Waals surface area contributed by atoms with Crippen molar-refractivity contribution in [1.29, 1.82) is 0 Å². The lowest BCUT2D eigenvalue weighted by Crippen LogP contribution is -2.17. The fraction of sp³-hybridized carbons (Fsp3) is 0.647. The summed E-state index contributed by atoms with van der Waals surface area (Å²) in [5, 5.41) is 0. The first kappa shape index (κ1) is 15.3. The van der Waals surface area contributed by atoms with Crippen LogP contribution in [0.5, 0.6) is 5.75 Å². The summed E-state index contributed by atoms with van der Waals surface area (Å²) in [6, 6.07) is 8.31. The molecule has 1 aliphatic heterocycles. The largest absolute Gasteiger partial charge is 0.497 e. The summed E-state index contributed by atoms with van der Waals surface area (Å²) in [4.78, 5) is 0. The summed E-state index contributed by atoms with van der Waals surface area (Å²) in [6.45, 7) is 1.71. The van der Waals surface area contributed by atoms with Crippen molar-refractivity contribution >= 4 is 0 Å². The molecule has 2 unspecified atom stereocenters. The normalized spacial score (nSPS) is 20.0. The molecular weight excluding hydrogens is 250 g/mol. The molecule has 1 saturated heterocycles. The Labute approximate surface area is 122 Å². The van der Waals surface area contributed by atoms with Crippen molar-refractivity contribution in [2.45, 2.75) is 44.6 Å². The summed E-state index contributed by atoms with van der Waals surface area (Å²) < 4.78 is 10.9. The molecule has 0 radical (unpaired) electrons. The third kappa shape index (κ3) is 4.80.